The molecule has 2 atom stereocenters. The number of nitrogens with zero attached hydrogens (tertiary/aromatic N) is 6. The summed E-state index contributed by atoms with van der Waals surface area (Å²) in [5.74, 6) is 0.132. The molecule has 31 heavy (non-hydrogen) atoms. The zero-order valence-electron chi connectivity index (χ0n) is 16.6. The molecule has 4 heterocycles. The van der Waals surface area contributed by atoms with E-state index in [1.165, 1.54) is 17.1 Å². The van der Waals surface area contributed by atoms with Gasteiger partial charge < -0.3 is 10.2 Å². The van der Waals surface area contributed by atoms with Crippen molar-refractivity contribution in [1.29, 1.82) is 0 Å². The van der Waals surface area contributed by atoms with Gasteiger partial charge in [0.05, 0.1) is 24.2 Å². The Bertz CT molecular complexity index is 1020. The normalized spacial score (nSPS) is 19.3. The van der Waals surface area contributed by atoms with Gasteiger partial charge in [0, 0.05) is 24.8 Å². The van der Waals surface area contributed by atoms with E-state index in [9.17, 15) is 18.0 Å². The van der Waals surface area contributed by atoms with Crippen molar-refractivity contribution in [3.63, 3.8) is 0 Å². The van der Waals surface area contributed by atoms with E-state index in [1.54, 1.807) is 29.4 Å². The SMILES string of the molecule is C[C@H]1[C@H](Nc2ccc(C(F)(F)F)cn2)CCCN1C(=O)c1ccc(-n2nccn2)cn1. The van der Waals surface area contributed by atoms with Gasteiger partial charge in [-0.1, -0.05) is 0 Å². The van der Waals surface area contributed by atoms with Crippen LogP contribution in [0, 0.1) is 0 Å². The number of pyridine rings is 2. The lowest BCUT2D eigenvalue weighted by Gasteiger charge is -2.39. The van der Waals surface area contributed by atoms with Crippen molar-refractivity contribution in [2.24, 2.45) is 0 Å². The number of aromatic nitrogens is 5. The Morgan fingerprint density at radius 1 is 1.10 bits per heavy atom. The molecule has 1 fully saturated rings. The van der Waals surface area contributed by atoms with E-state index in [-0.39, 0.29) is 18.0 Å². The molecule has 1 aliphatic heterocycles. The molecule has 0 radical (unpaired) electrons. The molecule has 8 nitrogen and oxygen atoms in total. The second-order valence-corrected chi connectivity index (χ2v) is 7.28. The van der Waals surface area contributed by atoms with Crippen LogP contribution in [0.15, 0.2) is 49.1 Å². The highest BCUT2D eigenvalue weighted by Crippen LogP contribution is 2.29. The van der Waals surface area contributed by atoms with Gasteiger partial charge in [0.1, 0.15) is 17.2 Å². The topological polar surface area (TPSA) is 88.8 Å². The van der Waals surface area contributed by atoms with Crippen molar-refractivity contribution in [1.82, 2.24) is 29.9 Å². The standard InChI is InChI=1S/C20H20F3N7O/c1-13-16(28-18-7-4-14(11-25-18)20(21,22)23)3-2-10-29(13)19(31)17-6-5-15(12-24-17)30-26-8-9-27-30/h4-9,11-13,16H,2-3,10H2,1H3,(H,25,28)/t13-,16+/m0/s1. The Hall–Kier alpha value is -3.50. The molecule has 1 N–H and O–H groups in total. The van der Waals surface area contributed by atoms with Crippen LogP contribution in [0.4, 0.5) is 19.0 Å². The molecule has 1 aliphatic rings. The highest BCUT2D eigenvalue weighted by molar-refractivity contribution is 5.92. The minimum atomic E-state index is -4.43. The minimum Gasteiger partial charge on any atom is -0.365 e. The first-order valence-electron chi connectivity index (χ1n) is 9.76. The zero-order chi connectivity index (χ0) is 22.0. The van der Waals surface area contributed by atoms with Crippen molar-refractivity contribution in [3.05, 3.63) is 60.3 Å². The average Bonchev–Trinajstić information content (AvgIpc) is 3.30. The first-order chi connectivity index (χ1) is 14.8. The summed E-state index contributed by atoms with van der Waals surface area (Å²) in [6.45, 7) is 2.48. The molecule has 1 amide bonds. The summed E-state index contributed by atoms with van der Waals surface area (Å²) in [6.07, 6.45) is 2.53. The number of hydrogen-bond donors (Lipinski definition) is 1. The van der Waals surface area contributed by atoms with E-state index in [1.807, 2.05) is 6.92 Å². The van der Waals surface area contributed by atoms with Crippen LogP contribution in [0.5, 0.6) is 0 Å². The van der Waals surface area contributed by atoms with Gasteiger partial charge in [0.25, 0.3) is 5.91 Å². The Morgan fingerprint density at radius 3 is 2.48 bits per heavy atom. The summed E-state index contributed by atoms with van der Waals surface area (Å²) in [6, 6.07) is 5.30. The first-order valence-corrected chi connectivity index (χ1v) is 9.76. The highest BCUT2D eigenvalue weighted by atomic mass is 19.4. The summed E-state index contributed by atoms with van der Waals surface area (Å²) in [5, 5.41) is 11.2. The van der Waals surface area contributed by atoms with Crippen LogP contribution in [0.2, 0.25) is 0 Å². The monoisotopic (exact) mass is 431 g/mol. The second-order valence-electron chi connectivity index (χ2n) is 7.28. The van der Waals surface area contributed by atoms with Crippen LogP contribution in [0.3, 0.4) is 0 Å². The minimum absolute atomic E-state index is 0.144. The van der Waals surface area contributed by atoms with Crippen LogP contribution < -0.4 is 5.32 Å². The molecule has 162 valence electrons. The maximum Gasteiger partial charge on any atom is 0.417 e. The molecule has 0 aromatic carbocycles. The van der Waals surface area contributed by atoms with E-state index in [4.69, 9.17) is 0 Å². The van der Waals surface area contributed by atoms with Crippen molar-refractivity contribution in [3.8, 4) is 5.69 Å². The fraction of sp³-hybridized carbons (Fsp3) is 0.350. The molecule has 4 rings (SSSR count). The third-order valence-corrected chi connectivity index (χ3v) is 5.29. The number of anilines is 1. The molecular formula is C20H20F3N7O. The van der Waals surface area contributed by atoms with Gasteiger partial charge in [-0.3, -0.25) is 4.79 Å². The molecule has 0 spiro atoms. The Labute approximate surface area is 176 Å². The lowest BCUT2D eigenvalue weighted by Crippen LogP contribution is -2.52. The fourth-order valence-electron chi connectivity index (χ4n) is 3.59. The summed E-state index contributed by atoms with van der Waals surface area (Å²) in [7, 11) is 0. The number of carbonyl (C=O) groups is 1. The number of piperidine rings is 1. The van der Waals surface area contributed by atoms with Crippen molar-refractivity contribution in [2.45, 2.75) is 38.0 Å². The van der Waals surface area contributed by atoms with Crippen LogP contribution >= 0.6 is 0 Å². The van der Waals surface area contributed by atoms with Crippen LogP contribution in [-0.4, -0.2) is 54.4 Å². The van der Waals surface area contributed by atoms with Crippen molar-refractivity contribution < 1.29 is 18.0 Å². The summed E-state index contributed by atoms with van der Waals surface area (Å²) in [4.78, 5) is 24.3. The van der Waals surface area contributed by atoms with Crippen LogP contribution in [0.25, 0.3) is 5.69 Å². The number of likely N-dealkylation sites (tertiary alicyclic amines) is 1. The molecule has 11 heteroatoms. The zero-order valence-corrected chi connectivity index (χ0v) is 16.6. The highest BCUT2D eigenvalue weighted by Gasteiger charge is 2.33. The van der Waals surface area contributed by atoms with E-state index in [0.29, 0.717) is 23.7 Å². The van der Waals surface area contributed by atoms with Crippen LogP contribution in [0.1, 0.15) is 35.8 Å². The largest absolute Gasteiger partial charge is 0.417 e. The molecule has 0 saturated carbocycles. The van der Waals surface area contributed by atoms with Crippen molar-refractivity contribution in [2.75, 3.05) is 11.9 Å². The quantitative estimate of drug-likeness (QED) is 0.683. The summed E-state index contributed by atoms with van der Waals surface area (Å²) >= 11 is 0. The number of nitrogens with one attached hydrogen (secondary N) is 1. The maximum absolute atomic E-state index is 13.0. The van der Waals surface area contributed by atoms with Gasteiger partial charge in [0.2, 0.25) is 0 Å². The van der Waals surface area contributed by atoms with E-state index in [0.717, 1.165) is 25.1 Å². The number of hydrogen-bond acceptors (Lipinski definition) is 6. The molecule has 0 unspecified atom stereocenters. The molecule has 0 bridgehead atoms. The second kappa shape index (κ2) is 8.32. The van der Waals surface area contributed by atoms with E-state index < -0.39 is 11.7 Å². The predicted octanol–water partition coefficient (Wildman–Crippen LogP) is 3.18. The molecule has 1 saturated heterocycles. The molecule has 3 aromatic rings. The van der Waals surface area contributed by atoms with E-state index in [2.05, 4.69) is 25.5 Å². The average molecular weight is 431 g/mol. The molecule has 3 aromatic heterocycles. The van der Waals surface area contributed by atoms with Gasteiger partial charge in [-0.15, -0.1) is 0 Å². The molecular weight excluding hydrogens is 411 g/mol. The Balaban J connectivity index is 1.44. The first kappa shape index (κ1) is 20.8. The van der Waals surface area contributed by atoms with Gasteiger partial charge in [0.15, 0.2) is 0 Å². The van der Waals surface area contributed by atoms with Gasteiger partial charge >= 0.3 is 6.18 Å². The van der Waals surface area contributed by atoms with Gasteiger partial charge in [-0.05, 0) is 44.0 Å². The number of alkyl halides is 3. The number of halogens is 3. The lowest BCUT2D eigenvalue weighted by atomic mass is 9.97. The van der Waals surface area contributed by atoms with Gasteiger partial charge in [-0.25, -0.2) is 9.97 Å². The van der Waals surface area contributed by atoms with Crippen molar-refractivity contribution >= 4 is 11.7 Å². The summed E-state index contributed by atoms with van der Waals surface area (Å²) in [5.41, 5.74) is 0.142. The third-order valence-electron chi connectivity index (χ3n) is 5.29. The number of amides is 1. The predicted molar refractivity (Wildman–Crippen MR) is 106 cm³/mol. The van der Waals surface area contributed by atoms with E-state index >= 15 is 0 Å². The number of carbonyl (C=O) groups excluding carboxylic acids is 1. The Morgan fingerprint density at radius 2 is 1.87 bits per heavy atom. The van der Waals surface area contributed by atoms with Gasteiger partial charge in [-0.2, -0.15) is 28.2 Å². The maximum atomic E-state index is 13.0. The number of rotatable bonds is 4. The Kier molecular flexibility index (Phi) is 5.57. The lowest BCUT2D eigenvalue weighted by molar-refractivity contribution is -0.137. The third kappa shape index (κ3) is 4.49. The molecule has 0 aliphatic carbocycles. The fourth-order valence-corrected chi connectivity index (χ4v) is 3.59. The smallest absolute Gasteiger partial charge is 0.365 e. The van der Waals surface area contributed by atoms with Crippen LogP contribution in [-0.2, 0) is 6.18 Å². The summed E-state index contributed by atoms with van der Waals surface area (Å²) < 4.78 is 38.2.